The van der Waals surface area contributed by atoms with E-state index in [1.807, 2.05) is 25.3 Å². The second-order valence-electron chi connectivity index (χ2n) is 7.07. The molecule has 2 fully saturated rings. The van der Waals surface area contributed by atoms with Crippen molar-refractivity contribution in [2.45, 2.75) is 56.8 Å². The van der Waals surface area contributed by atoms with E-state index in [2.05, 4.69) is 22.4 Å². The van der Waals surface area contributed by atoms with Gasteiger partial charge in [-0.3, -0.25) is 4.79 Å². The molecule has 2 aromatic rings. The summed E-state index contributed by atoms with van der Waals surface area (Å²) in [6.45, 7) is 3.47. The van der Waals surface area contributed by atoms with E-state index in [-0.39, 0.29) is 23.7 Å². The molecule has 134 valence electrons. The molecule has 2 aliphatic rings. The third-order valence-corrected chi connectivity index (χ3v) is 5.67. The smallest absolute Gasteiger partial charge is 0.220 e. The first-order valence-corrected chi connectivity index (χ1v) is 9.33. The summed E-state index contributed by atoms with van der Waals surface area (Å²) in [5.74, 6) is 0.0973. The molecular weight excluding hydrogens is 316 g/mol. The van der Waals surface area contributed by atoms with Gasteiger partial charge in [0.2, 0.25) is 5.91 Å². The predicted molar refractivity (Wildman–Crippen MR) is 96.5 cm³/mol. The fourth-order valence-electron chi connectivity index (χ4n) is 4.33. The summed E-state index contributed by atoms with van der Waals surface area (Å²) in [6.07, 6.45) is 6.25. The van der Waals surface area contributed by atoms with Gasteiger partial charge in [0.25, 0.3) is 0 Å². The molecule has 0 bridgehead atoms. The molecule has 1 spiro atoms. The highest BCUT2D eigenvalue weighted by Crippen LogP contribution is 2.45. The zero-order valence-corrected chi connectivity index (χ0v) is 14.7. The Balaban J connectivity index is 1.35. The molecule has 0 unspecified atom stereocenters. The zero-order chi connectivity index (χ0) is 17.3. The maximum Gasteiger partial charge on any atom is 0.220 e. The van der Waals surface area contributed by atoms with Crippen molar-refractivity contribution in [3.8, 4) is 0 Å². The van der Waals surface area contributed by atoms with Gasteiger partial charge in [-0.1, -0.05) is 18.2 Å². The van der Waals surface area contributed by atoms with E-state index in [1.165, 1.54) is 10.9 Å². The van der Waals surface area contributed by atoms with Crippen LogP contribution in [0.2, 0.25) is 0 Å². The Kier molecular flexibility index (Phi) is 4.52. The topological polar surface area (TPSA) is 63.3 Å². The molecule has 5 nitrogen and oxygen atoms in total. The van der Waals surface area contributed by atoms with Crippen LogP contribution in [0.25, 0.3) is 10.9 Å². The van der Waals surface area contributed by atoms with Gasteiger partial charge in [0, 0.05) is 36.7 Å². The highest BCUT2D eigenvalue weighted by atomic mass is 16.6. The monoisotopic (exact) mass is 342 g/mol. The Morgan fingerprint density at radius 3 is 3.12 bits per heavy atom. The molecule has 1 aliphatic heterocycles. The molecule has 1 amide bonds. The van der Waals surface area contributed by atoms with Crippen molar-refractivity contribution in [2.75, 3.05) is 13.2 Å². The van der Waals surface area contributed by atoms with Crippen molar-refractivity contribution >= 4 is 16.8 Å². The number of ether oxygens (including phenoxy) is 2. The van der Waals surface area contributed by atoms with Crippen LogP contribution in [0.3, 0.4) is 0 Å². The average molecular weight is 342 g/mol. The molecule has 0 radical (unpaired) electrons. The summed E-state index contributed by atoms with van der Waals surface area (Å²) in [7, 11) is 0. The van der Waals surface area contributed by atoms with Crippen molar-refractivity contribution < 1.29 is 14.3 Å². The van der Waals surface area contributed by atoms with Crippen LogP contribution >= 0.6 is 0 Å². The molecule has 1 saturated carbocycles. The van der Waals surface area contributed by atoms with Gasteiger partial charge in [-0.25, -0.2) is 0 Å². The number of amides is 1. The number of hydrogen-bond donors (Lipinski definition) is 2. The number of H-pyrrole nitrogens is 1. The van der Waals surface area contributed by atoms with Crippen LogP contribution in [0, 0.1) is 0 Å². The van der Waals surface area contributed by atoms with Crippen molar-refractivity contribution in [3.63, 3.8) is 0 Å². The summed E-state index contributed by atoms with van der Waals surface area (Å²) in [4.78, 5) is 15.7. The van der Waals surface area contributed by atoms with Crippen LogP contribution in [0.4, 0.5) is 0 Å². The lowest BCUT2D eigenvalue weighted by molar-refractivity contribution is -0.198. The molecule has 25 heavy (non-hydrogen) atoms. The van der Waals surface area contributed by atoms with Crippen LogP contribution < -0.4 is 5.32 Å². The maximum atomic E-state index is 12.5. The minimum absolute atomic E-state index is 0.0852. The minimum atomic E-state index is -0.285. The van der Waals surface area contributed by atoms with E-state index in [0.717, 1.165) is 37.8 Å². The number of carbonyl (C=O) groups is 1. The van der Waals surface area contributed by atoms with Crippen LogP contribution in [0.15, 0.2) is 30.5 Å². The number of rotatable bonds is 6. The Morgan fingerprint density at radius 2 is 2.32 bits per heavy atom. The lowest BCUT2D eigenvalue weighted by Crippen LogP contribution is -2.69. The lowest BCUT2D eigenvalue weighted by Gasteiger charge is -2.52. The van der Waals surface area contributed by atoms with Crippen molar-refractivity contribution in [3.05, 3.63) is 36.0 Å². The highest BCUT2D eigenvalue weighted by molar-refractivity contribution is 5.84. The van der Waals surface area contributed by atoms with Crippen molar-refractivity contribution in [1.29, 1.82) is 0 Å². The number of aryl methyl sites for hydroxylation is 1. The van der Waals surface area contributed by atoms with E-state index in [0.29, 0.717) is 13.0 Å². The molecule has 2 heterocycles. The molecule has 3 atom stereocenters. The van der Waals surface area contributed by atoms with E-state index in [9.17, 15) is 4.79 Å². The average Bonchev–Trinajstić information content (AvgIpc) is 3.28. The standard InChI is InChI=1S/C20H26N2O3/c1-2-24-18-12-17(20(18)10-5-11-25-20)22-19(23)9-8-14-13-21-16-7-4-3-6-15(14)16/h3-4,6-7,13,17-18,21H,2,5,8-12H2,1H3,(H,22,23)/t17-,18-,20-/m1/s1. The number of aromatic nitrogens is 1. The van der Waals surface area contributed by atoms with Gasteiger partial charge in [0.1, 0.15) is 5.60 Å². The van der Waals surface area contributed by atoms with Gasteiger partial charge in [0.05, 0.1) is 12.1 Å². The Morgan fingerprint density at radius 1 is 1.44 bits per heavy atom. The third-order valence-electron chi connectivity index (χ3n) is 5.67. The second-order valence-corrected chi connectivity index (χ2v) is 7.07. The number of fused-ring (bicyclic) bond motifs is 1. The van der Waals surface area contributed by atoms with Gasteiger partial charge < -0.3 is 19.8 Å². The quantitative estimate of drug-likeness (QED) is 0.848. The first-order chi connectivity index (χ1) is 12.2. The maximum absolute atomic E-state index is 12.5. The molecule has 2 N–H and O–H groups in total. The molecule has 4 rings (SSSR count). The zero-order valence-electron chi connectivity index (χ0n) is 14.7. The first-order valence-electron chi connectivity index (χ1n) is 9.33. The normalized spacial score (nSPS) is 28.4. The van der Waals surface area contributed by atoms with Gasteiger partial charge in [-0.15, -0.1) is 0 Å². The summed E-state index contributed by atoms with van der Waals surface area (Å²) in [5, 5.41) is 4.39. The third kappa shape index (κ3) is 2.96. The van der Waals surface area contributed by atoms with Crippen LogP contribution in [0.5, 0.6) is 0 Å². The summed E-state index contributed by atoms with van der Waals surface area (Å²) < 4.78 is 11.8. The molecule has 1 saturated heterocycles. The second kappa shape index (κ2) is 6.81. The molecule has 5 heteroatoms. The highest BCUT2D eigenvalue weighted by Gasteiger charge is 2.59. The number of para-hydroxylation sites is 1. The number of carbonyl (C=O) groups excluding carboxylic acids is 1. The van der Waals surface area contributed by atoms with E-state index < -0.39 is 0 Å². The van der Waals surface area contributed by atoms with E-state index >= 15 is 0 Å². The van der Waals surface area contributed by atoms with Crippen LogP contribution in [0.1, 0.15) is 38.2 Å². The summed E-state index contributed by atoms with van der Waals surface area (Å²) in [6, 6.07) is 8.29. The SMILES string of the molecule is CCO[C@@H]1C[C@@H](NC(=O)CCc2c[nH]c3ccccc23)[C@]12CCCO2. The van der Waals surface area contributed by atoms with Gasteiger partial charge in [-0.2, -0.15) is 0 Å². The minimum Gasteiger partial charge on any atom is -0.375 e. The van der Waals surface area contributed by atoms with Gasteiger partial charge in [0.15, 0.2) is 0 Å². The van der Waals surface area contributed by atoms with E-state index in [1.54, 1.807) is 0 Å². The summed E-state index contributed by atoms with van der Waals surface area (Å²) in [5.41, 5.74) is 2.03. The van der Waals surface area contributed by atoms with Crippen molar-refractivity contribution in [1.82, 2.24) is 10.3 Å². The fourth-order valence-corrected chi connectivity index (χ4v) is 4.33. The van der Waals surface area contributed by atoms with Crippen LogP contribution in [-0.2, 0) is 20.7 Å². The molecule has 1 aliphatic carbocycles. The van der Waals surface area contributed by atoms with Crippen molar-refractivity contribution in [2.24, 2.45) is 0 Å². The Hall–Kier alpha value is -1.85. The Bertz CT molecular complexity index is 748. The number of aromatic amines is 1. The molecule has 1 aromatic heterocycles. The fraction of sp³-hybridized carbons (Fsp3) is 0.550. The molecular formula is C20H26N2O3. The lowest BCUT2D eigenvalue weighted by atomic mass is 9.70. The first kappa shape index (κ1) is 16.6. The number of hydrogen-bond acceptors (Lipinski definition) is 3. The largest absolute Gasteiger partial charge is 0.375 e. The van der Waals surface area contributed by atoms with Crippen LogP contribution in [-0.4, -0.2) is 41.9 Å². The summed E-state index contributed by atoms with van der Waals surface area (Å²) >= 11 is 0. The van der Waals surface area contributed by atoms with Gasteiger partial charge in [-0.05, 0) is 44.2 Å². The predicted octanol–water partition coefficient (Wildman–Crippen LogP) is 2.94. The van der Waals surface area contributed by atoms with Gasteiger partial charge >= 0.3 is 0 Å². The number of nitrogens with one attached hydrogen (secondary N) is 2. The number of benzene rings is 1. The van der Waals surface area contributed by atoms with E-state index in [4.69, 9.17) is 9.47 Å². The Labute approximate surface area is 148 Å². The molecule has 1 aromatic carbocycles.